The van der Waals surface area contributed by atoms with Crippen molar-refractivity contribution in [1.29, 1.82) is 0 Å². The van der Waals surface area contributed by atoms with Gasteiger partial charge in [-0.05, 0) is 23.8 Å². The van der Waals surface area contributed by atoms with Crippen LogP contribution in [0.1, 0.15) is 22.0 Å². The molecule has 0 aliphatic rings. The van der Waals surface area contributed by atoms with Crippen LogP contribution in [0.4, 0.5) is 5.69 Å². The maximum absolute atomic E-state index is 11.2. The second-order valence-electron chi connectivity index (χ2n) is 4.51. The van der Waals surface area contributed by atoms with Crippen LogP contribution in [0, 0.1) is 0 Å². The first-order valence-corrected chi connectivity index (χ1v) is 6.41. The molecule has 0 fully saturated rings. The number of nitrogens with one attached hydrogen (secondary N) is 1. The van der Waals surface area contributed by atoms with E-state index in [0.29, 0.717) is 12.2 Å². The van der Waals surface area contributed by atoms with Crippen molar-refractivity contribution in [1.82, 2.24) is 0 Å². The minimum atomic E-state index is -0.434. The Bertz CT molecular complexity index is 570. The van der Waals surface area contributed by atoms with Crippen LogP contribution in [-0.2, 0) is 4.74 Å². The monoisotopic (exact) mass is 270 g/mol. The lowest BCUT2D eigenvalue weighted by atomic mass is 10.1. The van der Waals surface area contributed by atoms with Crippen LogP contribution >= 0.6 is 0 Å². The number of nitrogens with two attached hydrogens (primary N) is 1. The summed E-state index contributed by atoms with van der Waals surface area (Å²) in [7, 11) is 1.66. The van der Waals surface area contributed by atoms with Crippen LogP contribution in [0.3, 0.4) is 0 Å². The molecule has 1 atom stereocenters. The standard InChI is InChI=1S/C16H18N2O2/c1-20-11-15(12-6-3-2-4-7-12)18-14-9-5-8-13(10-14)16(17)19/h2-10,15,18H,11H2,1H3,(H2,17,19). The fraction of sp³-hybridized carbons (Fsp3) is 0.188. The van der Waals surface area contributed by atoms with Crippen molar-refractivity contribution in [2.24, 2.45) is 5.73 Å². The summed E-state index contributed by atoms with van der Waals surface area (Å²) in [6, 6.07) is 17.2. The molecule has 1 amide bonds. The minimum absolute atomic E-state index is 0.0179. The number of benzene rings is 2. The van der Waals surface area contributed by atoms with Crippen LogP contribution < -0.4 is 11.1 Å². The molecule has 1 unspecified atom stereocenters. The molecule has 0 aliphatic carbocycles. The van der Waals surface area contributed by atoms with E-state index in [2.05, 4.69) is 5.32 Å². The number of hydrogen-bond acceptors (Lipinski definition) is 3. The zero-order valence-electron chi connectivity index (χ0n) is 11.4. The Morgan fingerprint density at radius 2 is 1.95 bits per heavy atom. The maximum atomic E-state index is 11.2. The van der Waals surface area contributed by atoms with Crippen LogP contribution in [0.15, 0.2) is 54.6 Å². The second-order valence-corrected chi connectivity index (χ2v) is 4.51. The van der Waals surface area contributed by atoms with E-state index in [1.54, 1.807) is 25.3 Å². The number of primary amides is 1. The number of methoxy groups -OCH3 is 1. The summed E-state index contributed by atoms with van der Waals surface area (Å²) < 4.78 is 5.25. The largest absolute Gasteiger partial charge is 0.382 e. The van der Waals surface area contributed by atoms with Gasteiger partial charge in [-0.3, -0.25) is 4.79 Å². The number of rotatable bonds is 6. The van der Waals surface area contributed by atoms with Crippen molar-refractivity contribution in [3.05, 3.63) is 65.7 Å². The molecule has 0 aromatic heterocycles. The summed E-state index contributed by atoms with van der Waals surface area (Å²) in [5, 5.41) is 3.36. The number of carbonyl (C=O) groups excluding carboxylic acids is 1. The van der Waals surface area contributed by atoms with Gasteiger partial charge in [0.15, 0.2) is 0 Å². The van der Waals surface area contributed by atoms with Gasteiger partial charge in [0, 0.05) is 18.4 Å². The molecule has 0 saturated carbocycles. The molecule has 4 nitrogen and oxygen atoms in total. The fourth-order valence-electron chi connectivity index (χ4n) is 2.04. The third-order valence-corrected chi connectivity index (χ3v) is 3.02. The van der Waals surface area contributed by atoms with E-state index < -0.39 is 5.91 Å². The Balaban J connectivity index is 2.20. The van der Waals surface area contributed by atoms with Gasteiger partial charge in [-0.15, -0.1) is 0 Å². The summed E-state index contributed by atoms with van der Waals surface area (Å²) in [6.45, 7) is 0.533. The van der Waals surface area contributed by atoms with Gasteiger partial charge in [-0.2, -0.15) is 0 Å². The van der Waals surface area contributed by atoms with Gasteiger partial charge < -0.3 is 15.8 Å². The normalized spacial score (nSPS) is 11.8. The van der Waals surface area contributed by atoms with E-state index in [1.165, 1.54) is 0 Å². The maximum Gasteiger partial charge on any atom is 0.248 e. The Morgan fingerprint density at radius 1 is 1.20 bits per heavy atom. The molecule has 3 N–H and O–H groups in total. The summed E-state index contributed by atoms with van der Waals surface area (Å²) in [6.07, 6.45) is 0. The molecule has 4 heteroatoms. The van der Waals surface area contributed by atoms with Crippen molar-refractivity contribution in [2.45, 2.75) is 6.04 Å². The van der Waals surface area contributed by atoms with E-state index in [9.17, 15) is 4.79 Å². The van der Waals surface area contributed by atoms with Crippen molar-refractivity contribution in [3.8, 4) is 0 Å². The molecular weight excluding hydrogens is 252 g/mol. The Morgan fingerprint density at radius 3 is 2.60 bits per heavy atom. The summed E-state index contributed by atoms with van der Waals surface area (Å²) >= 11 is 0. The summed E-state index contributed by atoms with van der Waals surface area (Å²) in [5.41, 5.74) is 7.74. The number of amides is 1. The first-order chi connectivity index (χ1) is 9.70. The number of ether oxygens (including phenoxy) is 1. The van der Waals surface area contributed by atoms with E-state index in [-0.39, 0.29) is 6.04 Å². The molecule has 20 heavy (non-hydrogen) atoms. The van der Waals surface area contributed by atoms with Crippen LogP contribution in [-0.4, -0.2) is 19.6 Å². The molecule has 0 saturated heterocycles. The molecule has 0 radical (unpaired) electrons. The minimum Gasteiger partial charge on any atom is -0.382 e. The highest BCUT2D eigenvalue weighted by Gasteiger charge is 2.11. The van der Waals surface area contributed by atoms with E-state index in [4.69, 9.17) is 10.5 Å². The predicted molar refractivity (Wildman–Crippen MR) is 79.6 cm³/mol. The topological polar surface area (TPSA) is 64.3 Å². The van der Waals surface area contributed by atoms with Gasteiger partial charge >= 0.3 is 0 Å². The van der Waals surface area contributed by atoms with Crippen molar-refractivity contribution >= 4 is 11.6 Å². The fourth-order valence-corrected chi connectivity index (χ4v) is 2.04. The number of carbonyl (C=O) groups is 1. The van der Waals surface area contributed by atoms with E-state index in [1.807, 2.05) is 36.4 Å². The highest BCUT2D eigenvalue weighted by atomic mass is 16.5. The summed E-state index contributed by atoms with van der Waals surface area (Å²) in [4.78, 5) is 11.2. The quantitative estimate of drug-likeness (QED) is 0.848. The Hall–Kier alpha value is -2.33. The lowest BCUT2D eigenvalue weighted by Gasteiger charge is -2.20. The highest BCUT2D eigenvalue weighted by molar-refractivity contribution is 5.93. The zero-order valence-corrected chi connectivity index (χ0v) is 11.4. The smallest absolute Gasteiger partial charge is 0.248 e. The Kier molecular flexibility index (Phi) is 4.74. The average molecular weight is 270 g/mol. The number of anilines is 1. The molecule has 0 spiro atoms. The first-order valence-electron chi connectivity index (χ1n) is 6.41. The molecule has 2 aromatic rings. The molecular formula is C16H18N2O2. The van der Waals surface area contributed by atoms with Crippen molar-refractivity contribution in [3.63, 3.8) is 0 Å². The van der Waals surface area contributed by atoms with Gasteiger partial charge in [-0.1, -0.05) is 36.4 Å². The van der Waals surface area contributed by atoms with Crippen LogP contribution in [0.5, 0.6) is 0 Å². The molecule has 0 aliphatic heterocycles. The SMILES string of the molecule is COCC(Nc1cccc(C(N)=O)c1)c1ccccc1. The second kappa shape index (κ2) is 6.73. The number of hydrogen-bond donors (Lipinski definition) is 2. The van der Waals surface area contributed by atoms with Crippen LogP contribution in [0.2, 0.25) is 0 Å². The van der Waals surface area contributed by atoms with Gasteiger partial charge in [0.1, 0.15) is 0 Å². The zero-order chi connectivity index (χ0) is 14.4. The van der Waals surface area contributed by atoms with Crippen molar-refractivity contribution < 1.29 is 9.53 Å². The van der Waals surface area contributed by atoms with Gasteiger partial charge in [0.2, 0.25) is 5.91 Å². The first kappa shape index (κ1) is 14.1. The van der Waals surface area contributed by atoms with Crippen molar-refractivity contribution in [2.75, 3.05) is 19.0 Å². The Labute approximate surface area is 118 Å². The molecule has 2 rings (SSSR count). The lowest BCUT2D eigenvalue weighted by Crippen LogP contribution is -2.17. The van der Waals surface area contributed by atoms with Gasteiger partial charge in [-0.25, -0.2) is 0 Å². The van der Waals surface area contributed by atoms with Crippen LogP contribution in [0.25, 0.3) is 0 Å². The van der Waals surface area contributed by atoms with Gasteiger partial charge in [0.25, 0.3) is 0 Å². The third kappa shape index (κ3) is 3.59. The van der Waals surface area contributed by atoms with E-state index in [0.717, 1.165) is 11.3 Å². The highest BCUT2D eigenvalue weighted by Crippen LogP contribution is 2.20. The molecule has 2 aromatic carbocycles. The average Bonchev–Trinajstić information content (AvgIpc) is 2.48. The van der Waals surface area contributed by atoms with E-state index >= 15 is 0 Å². The predicted octanol–water partition coefficient (Wildman–Crippen LogP) is 2.59. The molecule has 0 heterocycles. The lowest BCUT2D eigenvalue weighted by molar-refractivity contribution is 0.100. The molecule has 0 bridgehead atoms. The van der Waals surface area contributed by atoms with Gasteiger partial charge in [0.05, 0.1) is 12.6 Å². The third-order valence-electron chi connectivity index (χ3n) is 3.02. The summed E-state index contributed by atoms with van der Waals surface area (Å²) in [5.74, 6) is -0.434. The molecule has 104 valence electrons.